The molecule has 3 heteroatoms. The second kappa shape index (κ2) is 5.73. The number of aromatic nitrogens is 1. The number of hydrogen-bond donors (Lipinski definition) is 2. The van der Waals surface area contributed by atoms with E-state index in [-0.39, 0.29) is 6.04 Å². The highest BCUT2D eigenvalue weighted by Crippen LogP contribution is 2.37. The molecule has 1 aromatic carbocycles. The van der Waals surface area contributed by atoms with Crippen LogP contribution in [0.1, 0.15) is 53.5 Å². The molecule has 1 heterocycles. The van der Waals surface area contributed by atoms with Crippen LogP contribution >= 0.6 is 0 Å². The Kier molecular flexibility index (Phi) is 3.81. The Morgan fingerprint density at radius 2 is 2.05 bits per heavy atom. The van der Waals surface area contributed by atoms with Crippen molar-refractivity contribution in [1.82, 2.24) is 10.4 Å². The molecule has 1 aliphatic rings. The number of hydrazine groups is 1. The van der Waals surface area contributed by atoms with Gasteiger partial charge in [0.25, 0.3) is 0 Å². The van der Waals surface area contributed by atoms with Crippen molar-refractivity contribution in [3.63, 3.8) is 0 Å². The summed E-state index contributed by atoms with van der Waals surface area (Å²) in [6.45, 7) is 2.05. The van der Waals surface area contributed by atoms with Gasteiger partial charge in [0.15, 0.2) is 0 Å². The van der Waals surface area contributed by atoms with Crippen LogP contribution in [0, 0.1) is 6.92 Å². The largest absolute Gasteiger partial charge is 0.271 e. The zero-order chi connectivity index (χ0) is 13.9. The Morgan fingerprint density at radius 3 is 2.70 bits per heavy atom. The van der Waals surface area contributed by atoms with Crippen molar-refractivity contribution in [2.24, 2.45) is 5.84 Å². The predicted molar refractivity (Wildman–Crippen MR) is 81.2 cm³/mol. The van der Waals surface area contributed by atoms with Gasteiger partial charge < -0.3 is 0 Å². The fourth-order valence-electron chi connectivity index (χ4n) is 2.86. The second-order valence-electron chi connectivity index (χ2n) is 5.69. The number of benzene rings is 1. The highest BCUT2D eigenvalue weighted by Gasteiger charge is 2.21. The van der Waals surface area contributed by atoms with Crippen LogP contribution in [0.3, 0.4) is 0 Å². The summed E-state index contributed by atoms with van der Waals surface area (Å²) in [6, 6.07) is 10.9. The minimum atomic E-state index is 0.00225. The van der Waals surface area contributed by atoms with Gasteiger partial charge in [-0.2, -0.15) is 0 Å². The number of pyridine rings is 1. The van der Waals surface area contributed by atoms with Gasteiger partial charge in [0, 0.05) is 12.4 Å². The Bertz CT molecular complexity index is 590. The molecule has 104 valence electrons. The van der Waals surface area contributed by atoms with E-state index >= 15 is 0 Å². The van der Waals surface area contributed by atoms with E-state index in [9.17, 15) is 0 Å². The molecule has 1 unspecified atom stereocenters. The molecule has 1 fully saturated rings. The third kappa shape index (κ3) is 2.60. The molecule has 1 atom stereocenters. The summed E-state index contributed by atoms with van der Waals surface area (Å²) < 4.78 is 0. The Labute approximate surface area is 120 Å². The molecule has 0 bridgehead atoms. The normalized spacial score (nSPS) is 16.7. The van der Waals surface area contributed by atoms with Gasteiger partial charge in [-0.3, -0.25) is 10.8 Å². The van der Waals surface area contributed by atoms with Crippen LogP contribution in [0.25, 0.3) is 0 Å². The van der Waals surface area contributed by atoms with E-state index in [1.165, 1.54) is 30.4 Å². The smallest absolute Gasteiger partial charge is 0.0725 e. The van der Waals surface area contributed by atoms with Crippen LogP contribution in [-0.4, -0.2) is 4.98 Å². The first kappa shape index (κ1) is 13.3. The number of nitrogens with zero attached hydrogens (tertiary/aromatic N) is 1. The molecule has 0 saturated heterocycles. The highest BCUT2D eigenvalue weighted by atomic mass is 15.2. The first-order valence-corrected chi connectivity index (χ1v) is 7.25. The van der Waals surface area contributed by atoms with E-state index in [0.717, 1.165) is 17.0 Å². The van der Waals surface area contributed by atoms with Crippen LogP contribution < -0.4 is 11.3 Å². The maximum atomic E-state index is 5.78. The molecule has 1 aliphatic carbocycles. The Hall–Kier alpha value is -1.71. The number of nitrogens with two attached hydrogens (primary N) is 1. The third-order valence-corrected chi connectivity index (χ3v) is 4.22. The Morgan fingerprint density at radius 1 is 1.20 bits per heavy atom. The lowest BCUT2D eigenvalue weighted by atomic mass is 9.79. The van der Waals surface area contributed by atoms with E-state index in [2.05, 4.69) is 47.7 Å². The number of nitrogens with one attached hydrogen (secondary N) is 1. The van der Waals surface area contributed by atoms with Crippen molar-refractivity contribution < 1.29 is 0 Å². The van der Waals surface area contributed by atoms with Gasteiger partial charge in [0.2, 0.25) is 0 Å². The SMILES string of the molecule is Cc1cncc(C(NN)c2cccc(C3CCC3)c2)c1. The molecule has 3 nitrogen and oxygen atoms in total. The molecule has 1 saturated carbocycles. The molecular formula is C17H21N3. The van der Waals surface area contributed by atoms with Crippen LogP contribution in [0.2, 0.25) is 0 Å². The molecule has 0 spiro atoms. The lowest BCUT2D eigenvalue weighted by molar-refractivity contribution is 0.419. The zero-order valence-corrected chi connectivity index (χ0v) is 11.8. The van der Waals surface area contributed by atoms with Gasteiger partial charge in [0.05, 0.1) is 6.04 Å². The van der Waals surface area contributed by atoms with Gasteiger partial charge in [-0.1, -0.05) is 36.8 Å². The van der Waals surface area contributed by atoms with Crippen LogP contribution in [-0.2, 0) is 0 Å². The van der Waals surface area contributed by atoms with E-state index in [1.54, 1.807) is 0 Å². The summed E-state index contributed by atoms with van der Waals surface area (Å²) in [4.78, 5) is 4.27. The lowest BCUT2D eigenvalue weighted by Gasteiger charge is -2.27. The summed E-state index contributed by atoms with van der Waals surface area (Å²) in [5, 5.41) is 0. The standard InChI is InChI=1S/C17H21N3/c1-12-8-16(11-19-10-12)17(20-18)15-7-3-6-14(9-15)13-4-2-5-13/h3,6-11,13,17,20H,2,4-5,18H2,1H3. The van der Waals surface area contributed by atoms with Crippen molar-refractivity contribution in [3.05, 3.63) is 65.0 Å². The topological polar surface area (TPSA) is 50.9 Å². The minimum absolute atomic E-state index is 0.00225. The van der Waals surface area contributed by atoms with E-state index in [1.807, 2.05) is 12.4 Å². The molecule has 1 aromatic heterocycles. The average Bonchev–Trinajstić information content (AvgIpc) is 2.38. The van der Waals surface area contributed by atoms with Crippen molar-refractivity contribution in [2.45, 2.75) is 38.1 Å². The van der Waals surface area contributed by atoms with E-state index in [4.69, 9.17) is 5.84 Å². The molecule has 3 N–H and O–H groups in total. The van der Waals surface area contributed by atoms with E-state index < -0.39 is 0 Å². The fraction of sp³-hybridized carbons (Fsp3) is 0.353. The summed E-state index contributed by atoms with van der Waals surface area (Å²) in [7, 11) is 0. The van der Waals surface area contributed by atoms with Crippen LogP contribution in [0.5, 0.6) is 0 Å². The summed E-state index contributed by atoms with van der Waals surface area (Å²) in [5.41, 5.74) is 7.84. The van der Waals surface area contributed by atoms with Gasteiger partial charge in [-0.25, -0.2) is 5.43 Å². The monoisotopic (exact) mass is 267 g/mol. The first-order chi connectivity index (χ1) is 9.78. The molecule has 2 aromatic rings. The quantitative estimate of drug-likeness (QED) is 0.660. The van der Waals surface area contributed by atoms with Crippen molar-refractivity contribution >= 4 is 0 Å². The maximum absolute atomic E-state index is 5.78. The zero-order valence-electron chi connectivity index (χ0n) is 11.8. The van der Waals surface area contributed by atoms with Crippen molar-refractivity contribution in [2.75, 3.05) is 0 Å². The van der Waals surface area contributed by atoms with Gasteiger partial charge in [-0.15, -0.1) is 0 Å². The molecular weight excluding hydrogens is 246 g/mol. The van der Waals surface area contributed by atoms with Crippen molar-refractivity contribution in [3.8, 4) is 0 Å². The maximum Gasteiger partial charge on any atom is 0.0725 e. The van der Waals surface area contributed by atoms with Gasteiger partial charge in [0.1, 0.15) is 0 Å². The third-order valence-electron chi connectivity index (χ3n) is 4.22. The van der Waals surface area contributed by atoms with E-state index in [0.29, 0.717) is 0 Å². The summed E-state index contributed by atoms with van der Waals surface area (Å²) in [5.74, 6) is 6.52. The van der Waals surface area contributed by atoms with Gasteiger partial charge in [-0.05, 0) is 47.9 Å². The molecule has 3 rings (SSSR count). The second-order valence-corrected chi connectivity index (χ2v) is 5.69. The van der Waals surface area contributed by atoms with Crippen LogP contribution in [0.15, 0.2) is 42.7 Å². The van der Waals surface area contributed by atoms with Gasteiger partial charge >= 0.3 is 0 Å². The fourth-order valence-corrected chi connectivity index (χ4v) is 2.86. The Balaban J connectivity index is 1.92. The van der Waals surface area contributed by atoms with Crippen LogP contribution in [0.4, 0.5) is 0 Å². The molecule has 0 amide bonds. The minimum Gasteiger partial charge on any atom is -0.271 e. The number of aryl methyl sites for hydroxylation is 1. The first-order valence-electron chi connectivity index (χ1n) is 7.25. The lowest BCUT2D eigenvalue weighted by Crippen LogP contribution is -2.29. The molecule has 0 radical (unpaired) electrons. The summed E-state index contributed by atoms with van der Waals surface area (Å²) >= 11 is 0. The highest BCUT2D eigenvalue weighted by molar-refractivity contribution is 5.35. The predicted octanol–water partition coefficient (Wildman–Crippen LogP) is 3.21. The summed E-state index contributed by atoms with van der Waals surface area (Å²) in [6.07, 6.45) is 7.73. The number of rotatable bonds is 4. The molecule has 20 heavy (non-hydrogen) atoms. The average molecular weight is 267 g/mol. The van der Waals surface area contributed by atoms with Crippen molar-refractivity contribution in [1.29, 1.82) is 0 Å². The number of hydrogen-bond acceptors (Lipinski definition) is 3. The molecule has 0 aliphatic heterocycles.